The quantitative estimate of drug-likeness (QED) is 0.371. The van der Waals surface area contributed by atoms with Crippen molar-refractivity contribution in [2.75, 3.05) is 7.11 Å². The molecule has 0 aliphatic carbocycles. The van der Waals surface area contributed by atoms with E-state index in [2.05, 4.69) is 0 Å². The molecule has 3 aromatic carbocycles. The Morgan fingerprint density at radius 2 is 1.90 bits per heavy atom. The molecule has 0 bridgehead atoms. The Morgan fingerprint density at radius 1 is 1.19 bits per heavy atom. The molecule has 0 saturated heterocycles. The molecule has 3 aromatic rings. The first-order valence-electron chi connectivity index (χ1n) is 9.12. The molecule has 0 fully saturated rings. The molecule has 0 heterocycles. The number of nitriles is 1. The van der Waals surface area contributed by atoms with E-state index < -0.39 is 11.8 Å². The number of allylic oxidation sites excluding steroid dienone is 1. The average Bonchev–Trinajstić information content (AvgIpc) is 2.77. The molecule has 0 atom stereocenters. The Hall–Kier alpha value is -3.82. The van der Waals surface area contributed by atoms with Crippen LogP contribution in [0.3, 0.4) is 0 Å². The van der Waals surface area contributed by atoms with Crippen LogP contribution in [0.1, 0.15) is 27.0 Å². The highest BCUT2D eigenvalue weighted by atomic mass is 35.5. The summed E-state index contributed by atoms with van der Waals surface area (Å²) < 4.78 is 25.2. The van der Waals surface area contributed by atoms with Crippen LogP contribution in [0.5, 0.6) is 11.5 Å². The average molecular weight is 438 g/mol. The van der Waals surface area contributed by atoms with Crippen molar-refractivity contribution in [1.82, 2.24) is 0 Å². The molecular formula is C24H17ClFNO4. The fourth-order valence-electron chi connectivity index (χ4n) is 2.88. The van der Waals surface area contributed by atoms with Crippen LogP contribution in [0.15, 0.2) is 60.7 Å². The van der Waals surface area contributed by atoms with Crippen LogP contribution in [0.2, 0.25) is 5.02 Å². The van der Waals surface area contributed by atoms with Gasteiger partial charge in [-0.3, -0.25) is 0 Å². The number of aromatic carboxylic acids is 1. The number of ether oxygens (including phenoxy) is 2. The molecule has 0 saturated carbocycles. The fraction of sp³-hybridized carbons (Fsp3) is 0.0833. The van der Waals surface area contributed by atoms with Gasteiger partial charge in [0.2, 0.25) is 0 Å². The van der Waals surface area contributed by atoms with Crippen LogP contribution in [-0.4, -0.2) is 18.2 Å². The molecule has 0 amide bonds. The lowest BCUT2D eigenvalue weighted by Crippen LogP contribution is -2.00. The van der Waals surface area contributed by atoms with Crippen LogP contribution in [0, 0.1) is 17.1 Å². The summed E-state index contributed by atoms with van der Waals surface area (Å²) in [6.07, 6.45) is 1.52. The maximum absolute atomic E-state index is 14.1. The van der Waals surface area contributed by atoms with E-state index >= 15 is 0 Å². The van der Waals surface area contributed by atoms with Gasteiger partial charge in [-0.1, -0.05) is 41.9 Å². The van der Waals surface area contributed by atoms with Crippen molar-refractivity contribution in [3.63, 3.8) is 0 Å². The maximum atomic E-state index is 14.1. The molecule has 0 radical (unpaired) electrons. The van der Waals surface area contributed by atoms with Crippen molar-refractivity contribution < 1.29 is 23.8 Å². The monoisotopic (exact) mass is 437 g/mol. The SMILES string of the molecule is COc1cc(C=C(C#N)c2ccccc2F)cc(Cl)c1OCc1ccc(C(=O)O)cc1. The van der Waals surface area contributed by atoms with Crippen LogP contribution >= 0.6 is 11.6 Å². The number of carbonyl (C=O) groups is 1. The van der Waals surface area contributed by atoms with Gasteiger partial charge >= 0.3 is 5.97 Å². The molecule has 0 aromatic heterocycles. The van der Waals surface area contributed by atoms with E-state index in [9.17, 15) is 14.4 Å². The first-order chi connectivity index (χ1) is 14.9. The van der Waals surface area contributed by atoms with E-state index in [1.165, 1.54) is 37.5 Å². The van der Waals surface area contributed by atoms with Crippen molar-refractivity contribution in [3.05, 3.63) is 93.8 Å². The summed E-state index contributed by atoms with van der Waals surface area (Å²) >= 11 is 6.38. The second kappa shape index (κ2) is 9.79. The highest BCUT2D eigenvalue weighted by Crippen LogP contribution is 2.38. The lowest BCUT2D eigenvalue weighted by Gasteiger charge is -2.14. The lowest BCUT2D eigenvalue weighted by molar-refractivity contribution is 0.0697. The van der Waals surface area contributed by atoms with Gasteiger partial charge in [0, 0.05) is 5.56 Å². The van der Waals surface area contributed by atoms with E-state index in [0.29, 0.717) is 17.1 Å². The predicted molar refractivity (Wildman–Crippen MR) is 116 cm³/mol. The van der Waals surface area contributed by atoms with Gasteiger partial charge < -0.3 is 14.6 Å². The topological polar surface area (TPSA) is 79.5 Å². The molecule has 31 heavy (non-hydrogen) atoms. The lowest BCUT2D eigenvalue weighted by atomic mass is 10.0. The second-order valence-corrected chi connectivity index (χ2v) is 6.88. The Balaban J connectivity index is 1.87. The van der Waals surface area contributed by atoms with E-state index in [0.717, 1.165) is 5.56 Å². The maximum Gasteiger partial charge on any atom is 0.335 e. The first kappa shape index (κ1) is 21.9. The van der Waals surface area contributed by atoms with E-state index in [4.69, 9.17) is 26.2 Å². The summed E-state index contributed by atoms with van der Waals surface area (Å²) in [5, 5.41) is 18.7. The van der Waals surface area contributed by atoms with Gasteiger partial charge in [-0.15, -0.1) is 0 Å². The highest BCUT2D eigenvalue weighted by molar-refractivity contribution is 6.32. The number of methoxy groups -OCH3 is 1. The van der Waals surface area contributed by atoms with Gasteiger partial charge in [-0.05, 0) is 47.5 Å². The molecule has 0 aliphatic heterocycles. The van der Waals surface area contributed by atoms with Gasteiger partial charge in [-0.2, -0.15) is 5.26 Å². The van der Waals surface area contributed by atoms with Crippen molar-refractivity contribution in [3.8, 4) is 17.6 Å². The third-order valence-corrected chi connectivity index (χ3v) is 4.71. The number of carboxylic acid groups (broad SMARTS) is 1. The van der Waals surface area contributed by atoms with Gasteiger partial charge in [0.05, 0.1) is 29.3 Å². The van der Waals surface area contributed by atoms with Gasteiger partial charge in [0.1, 0.15) is 12.4 Å². The van der Waals surface area contributed by atoms with Gasteiger partial charge in [-0.25, -0.2) is 9.18 Å². The Labute approximate surface area is 183 Å². The number of hydrogen-bond acceptors (Lipinski definition) is 4. The van der Waals surface area contributed by atoms with Crippen molar-refractivity contribution >= 4 is 29.2 Å². The Kier molecular flexibility index (Phi) is 6.91. The summed E-state index contributed by atoms with van der Waals surface area (Å²) in [6, 6.07) is 17.5. The summed E-state index contributed by atoms with van der Waals surface area (Å²) in [6.45, 7) is 0.143. The highest BCUT2D eigenvalue weighted by Gasteiger charge is 2.14. The largest absolute Gasteiger partial charge is 0.493 e. The smallest absolute Gasteiger partial charge is 0.335 e. The molecule has 5 nitrogen and oxygen atoms in total. The minimum absolute atomic E-state index is 0.142. The van der Waals surface area contributed by atoms with E-state index in [1.54, 1.807) is 36.4 Å². The zero-order valence-corrected chi connectivity index (χ0v) is 17.2. The van der Waals surface area contributed by atoms with Crippen molar-refractivity contribution in [1.29, 1.82) is 5.26 Å². The van der Waals surface area contributed by atoms with Gasteiger partial charge in [0.25, 0.3) is 0 Å². The van der Waals surface area contributed by atoms with Crippen LogP contribution in [-0.2, 0) is 6.61 Å². The minimum atomic E-state index is -1.01. The molecule has 156 valence electrons. The summed E-state index contributed by atoms with van der Waals surface area (Å²) in [7, 11) is 1.45. The van der Waals surface area contributed by atoms with Crippen LogP contribution in [0.4, 0.5) is 4.39 Å². The zero-order valence-electron chi connectivity index (χ0n) is 16.4. The fourth-order valence-corrected chi connectivity index (χ4v) is 3.15. The minimum Gasteiger partial charge on any atom is -0.493 e. The Morgan fingerprint density at radius 3 is 2.52 bits per heavy atom. The standard InChI is InChI=1S/C24H17ClFNO4/c1-30-22-12-16(10-18(13-27)19-4-2-3-5-21(19)26)11-20(25)23(22)31-14-15-6-8-17(9-7-15)24(28)29/h2-12H,14H2,1H3,(H,28,29). The number of halogens is 2. The Bertz CT molecular complexity index is 1180. The van der Waals surface area contributed by atoms with Crippen LogP contribution < -0.4 is 9.47 Å². The molecule has 0 aliphatic rings. The second-order valence-electron chi connectivity index (χ2n) is 6.47. The molecule has 0 spiro atoms. The van der Waals surface area contributed by atoms with E-state index in [1.807, 2.05) is 6.07 Å². The molecule has 1 N–H and O–H groups in total. The zero-order chi connectivity index (χ0) is 22.4. The summed E-state index contributed by atoms with van der Waals surface area (Å²) in [4.78, 5) is 10.9. The number of carboxylic acids is 1. The third-order valence-electron chi connectivity index (χ3n) is 4.43. The predicted octanol–water partition coefficient (Wildman–Crippen LogP) is 5.83. The number of nitrogens with zero attached hydrogens (tertiary/aromatic N) is 1. The van der Waals surface area contributed by atoms with Crippen molar-refractivity contribution in [2.24, 2.45) is 0 Å². The number of hydrogen-bond donors (Lipinski definition) is 1. The molecule has 0 unspecified atom stereocenters. The summed E-state index contributed by atoms with van der Waals surface area (Å²) in [5.41, 5.74) is 1.80. The molecular weight excluding hydrogens is 421 g/mol. The normalized spacial score (nSPS) is 11.0. The van der Waals surface area contributed by atoms with Crippen LogP contribution in [0.25, 0.3) is 11.6 Å². The van der Waals surface area contributed by atoms with Crippen molar-refractivity contribution in [2.45, 2.75) is 6.61 Å². The number of benzene rings is 3. The summed E-state index contributed by atoms with van der Waals surface area (Å²) in [5.74, 6) is -0.866. The molecule has 7 heteroatoms. The molecule has 3 rings (SSSR count). The third kappa shape index (κ3) is 5.21. The van der Waals surface area contributed by atoms with Gasteiger partial charge in [0.15, 0.2) is 11.5 Å². The van der Waals surface area contributed by atoms with E-state index in [-0.39, 0.29) is 28.3 Å². The first-order valence-corrected chi connectivity index (χ1v) is 9.50. The number of rotatable bonds is 7.